The minimum Gasteiger partial charge on any atom is -0.410 e. The number of amides is 2. The molecular formula is C19H20Cl2N2O3. The van der Waals surface area contributed by atoms with Crippen LogP contribution in [0.15, 0.2) is 42.5 Å². The zero-order chi connectivity index (χ0) is 18.9. The molecule has 0 fully saturated rings. The molecule has 2 aromatic rings. The van der Waals surface area contributed by atoms with Gasteiger partial charge in [-0.3, -0.25) is 4.79 Å². The third-order valence-corrected chi connectivity index (χ3v) is 4.40. The highest BCUT2D eigenvalue weighted by Gasteiger charge is 2.11. The fourth-order valence-corrected chi connectivity index (χ4v) is 2.53. The van der Waals surface area contributed by atoms with Crippen LogP contribution in [0.1, 0.15) is 36.5 Å². The Kier molecular flexibility index (Phi) is 7.75. The largest absolute Gasteiger partial charge is 0.412 e. The summed E-state index contributed by atoms with van der Waals surface area (Å²) in [6, 6.07) is 11.2. The Labute approximate surface area is 162 Å². The van der Waals surface area contributed by atoms with Crippen molar-refractivity contribution in [2.75, 3.05) is 11.9 Å². The van der Waals surface area contributed by atoms with E-state index in [-0.39, 0.29) is 10.9 Å². The van der Waals surface area contributed by atoms with Crippen LogP contribution in [0, 0.1) is 0 Å². The molecule has 0 saturated carbocycles. The van der Waals surface area contributed by atoms with E-state index in [1.807, 2.05) is 0 Å². The van der Waals surface area contributed by atoms with Crippen molar-refractivity contribution in [3.05, 3.63) is 58.1 Å². The van der Waals surface area contributed by atoms with Crippen LogP contribution in [0.3, 0.4) is 0 Å². The number of rotatable bonds is 7. The lowest BCUT2D eigenvalue weighted by Crippen LogP contribution is -2.27. The van der Waals surface area contributed by atoms with Gasteiger partial charge in [-0.05, 0) is 42.8 Å². The Hall–Kier alpha value is -2.24. The van der Waals surface area contributed by atoms with Gasteiger partial charge < -0.3 is 15.4 Å². The quantitative estimate of drug-likeness (QED) is 0.607. The minimum absolute atomic E-state index is 0.280. The Morgan fingerprint density at radius 2 is 1.77 bits per heavy atom. The van der Waals surface area contributed by atoms with Gasteiger partial charge in [-0.2, -0.15) is 0 Å². The summed E-state index contributed by atoms with van der Waals surface area (Å²) in [5.74, 6) is 0.0139. The molecule has 0 unspecified atom stereocenters. The van der Waals surface area contributed by atoms with Crippen molar-refractivity contribution < 1.29 is 14.3 Å². The van der Waals surface area contributed by atoms with Gasteiger partial charge in [0, 0.05) is 12.1 Å². The van der Waals surface area contributed by atoms with Crippen LogP contribution >= 0.6 is 23.2 Å². The number of carbonyl (C=O) groups is 2. The van der Waals surface area contributed by atoms with Gasteiger partial charge in [0.15, 0.2) is 0 Å². The van der Waals surface area contributed by atoms with E-state index >= 15 is 0 Å². The number of hydrogen-bond acceptors (Lipinski definition) is 3. The summed E-state index contributed by atoms with van der Waals surface area (Å²) >= 11 is 12.0. The molecule has 0 aliphatic rings. The number of halogens is 2. The summed E-state index contributed by atoms with van der Waals surface area (Å²) in [5, 5.41) is 6.01. The third kappa shape index (κ3) is 5.93. The molecule has 5 nitrogen and oxygen atoms in total. The predicted octanol–water partition coefficient (Wildman–Crippen LogP) is 5.52. The van der Waals surface area contributed by atoms with Crippen LogP contribution in [0.4, 0.5) is 10.5 Å². The molecule has 0 aromatic heterocycles. The predicted molar refractivity (Wildman–Crippen MR) is 104 cm³/mol. The van der Waals surface area contributed by atoms with E-state index in [0.717, 1.165) is 19.3 Å². The van der Waals surface area contributed by atoms with E-state index in [1.165, 1.54) is 0 Å². The maximum Gasteiger partial charge on any atom is 0.412 e. The molecule has 138 valence electrons. The molecule has 0 radical (unpaired) electrons. The minimum atomic E-state index is -0.510. The molecule has 0 saturated heterocycles. The van der Waals surface area contributed by atoms with Gasteiger partial charge >= 0.3 is 6.09 Å². The molecule has 2 rings (SSSR count). The fraction of sp³-hybridized carbons (Fsp3) is 0.263. The van der Waals surface area contributed by atoms with Gasteiger partial charge in [-0.15, -0.1) is 0 Å². The van der Waals surface area contributed by atoms with Crippen molar-refractivity contribution >= 4 is 40.9 Å². The van der Waals surface area contributed by atoms with Crippen LogP contribution in [0.5, 0.6) is 5.75 Å². The maximum atomic E-state index is 12.3. The highest BCUT2D eigenvalue weighted by atomic mass is 35.5. The third-order valence-electron chi connectivity index (χ3n) is 3.58. The first-order chi connectivity index (χ1) is 12.5. The molecule has 0 spiro atoms. The topological polar surface area (TPSA) is 67.4 Å². The lowest BCUT2D eigenvalue weighted by atomic mass is 10.2. The molecule has 0 bridgehead atoms. The molecule has 2 amide bonds. The van der Waals surface area contributed by atoms with Crippen molar-refractivity contribution in [2.24, 2.45) is 0 Å². The van der Waals surface area contributed by atoms with E-state index in [2.05, 4.69) is 17.6 Å². The van der Waals surface area contributed by atoms with Gasteiger partial charge in [-0.25, -0.2) is 4.79 Å². The summed E-state index contributed by atoms with van der Waals surface area (Å²) in [6.45, 7) is 2.67. The second-order valence-corrected chi connectivity index (χ2v) is 6.39. The zero-order valence-electron chi connectivity index (χ0n) is 14.4. The van der Waals surface area contributed by atoms with Crippen molar-refractivity contribution in [2.45, 2.75) is 26.2 Å². The van der Waals surface area contributed by atoms with E-state index in [0.29, 0.717) is 28.6 Å². The molecule has 2 aromatic carbocycles. The van der Waals surface area contributed by atoms with E-state index < -0.39 is 6.09 Å². The Balaban J connectivity index is 1.91. The molecular weight excluding hydrogens is 375 g/mol. The number of hydrogen-bond donors (Lipinski definition) is 2. The number of anilines is 1. The van der Waals surface area contributed by atoms with Gasteiger partial charge in [0.25, 0.3) is 5.91 Å². The van der Waals surface area contributed by atoms with Crippen molar-refractivity contribution in [3.63, 3.8) is 0 Å². The molecule has 26 heavy (non-hydrogen) atoms. The molecule has 0 atom stereocenters. The van der Waals surface area contributed by atoms with Crippen LogP contribution in [0.25, 0.3) is 0 Å². The number of carbonyl (C=O) groups excluding carboxylic acids is 2. The monoisotopic (exact) mass is 394 g/mol. The van der Waals surface area contributed by atoms with Crippen molar-refractivity contribution in [1.82, 2.24) is 5.32 Å². The summed E-state index contributed by atoms with van der Waals surface area (Å²) in [4.78, 5) is 23.9. The average Bonchev–Trinajstić information content (AvgIpc) is 2.63. The smallest absolute Gasteiger partial charge is 0.410 e. The van der Waals surface area contributed by atoms with Gasteiger partial charge in [0.05, 0.1) is 15.7 Å². The number of nitrogens with one attached hydrogen (secondary N) is 2. The van der Waals surface area contributed by atoms with Gasteiger partial charge in [0.1, 0.15) is 5.75 Å². The van der Waals surface area contributed by atoms with E-state index in [9.17, 15) is 9.59 Å². The van der Waals surface area contributed by atoms with E-state index in [4.69, 9.17) is 27.9 Å². The Morgan fingerprint density at radius 1 is 1.04 bits per heavy atom. The first kappa shape index (κ1) is 20.1. The standard InChI is InChI=1S/C19H20Cl2N2O3/c1-2-3-4-12-22-19(25)26-14-10-8-13(9-11-14)18(24)23-16-7-5-6-15(20)17(16)21/h5-11H,2-4,12H2,1H3,(H,22,25)(H,23,24). The lowest BCUT2D eigenvalue weighted by molar-refractivity contribution is 0.102. The number of benzene rings is 2. The number of unbranched alkanes of at least 4 members (excludes halogenated alkanes) is 2. The summed E-state index contributed by atoms with van der Waals surface area (Å²) in [6.07, 6.45) is 2.54. The first-order valence-corrected chi connectivity index (χ1v) is 9.08. The van der Waals surface area contributed by atoms with Crippen molar-refractivity contribution in [1.29, 1.82) is 0 Å². The molecule has 7 heteroatoms. The second kappa shape index (κ2) is 10.0. The summed E-state index contributed by atoms with van der Waals surface area (Å²) in [7, 11) is 0. The fourth-order valence-electron chi connectivity index (χ4n) is 2.18. The maximum absolute atomic E-state index is 12.3. The summed E-state index contributed by atoms with van der Waals surface area (Å²) in [5.41, 5.74) is 0.827. The number of ether oxygens (including phenoxy) is 1. The molecule has 0 aliphatic carbocycles. The highest BCUT2D eigenvalue weighted by Crippen LogP contribution is 2.29. The lowest BCUT2D eigenvalue weighted by Gasteiger charge is -2.09. The molecule has 0 aliphatic heterocycles. The zero-order valence-corrected chi connectivity index (χ0v) is 15.9. The van der Waals surface area contributed by atoms with Gasteiger partial charge in [-0.1, -0.05) is 49.0 Å². The normalized spacial score (nSPS) is 10.3. The van der Waals surface area contributed by atoms with E-state index in [1.54, 1.807) is 42.5 Å². The van der Waals surface area contributed by atoms with Crippen LogP contribution < -0.4 is 15.4 Å². The SMILES string of the molecule is CCCCCNC(=O)Oc1ccc(C(=O)Nc2cccc(Cl)c2Cl)cc1. The first-order valence-electron chi connectivity index (χ1n) is 8.32. The Bertz CT molecular complexity index is 764. The van der Waals surface area contributed by atoms with Crippen LogP contribution in [-0.4, -0.2) is 18.5 Å². The van der Waals surface area contributed by atoms with Crippen LogP contribution in [0.2, 0.25) is 10.0 Å². The Morgan fingerprint density at radius 3 is 2.46 bits per heavy atom. The van der Waals surface area contributed by atoms with Crippen molar-refractivity contribution in [3.8, 4) is 5.75 Å². The van der Waals surface area contributed by atoms with Crippen LogP contribution in [-0.2, 0) is 0 Å². The molecule has 0 heterocycles. The molecule has 2 N–H and O–H groups in total. The average molecular weight is 395 g/mol. The second-order valence-electron chi connectivity index (χ2n) is 5.60. The highest BCUT2D eigenvalue weighted by molar-refractivity contribution is 6.44. The summed E-state index contributed by atoms with van der Waals surface area (Å²) < 4.78 is 5.16. The van der Waals surface area contributed by atoms with Gasteiger partial charge in [0.2, 0.25) is 0 Å².